The normalized spacial score (nSPS) is 20.9. The van der Waals surface area contributed by atoms with Gasteiger partial charge in [0.2, 0.25) is 0 Å². The van der Waals surface area contributed by atoms with Crippen LogP contribution in [0.25, 0.3) is 5.65 Å². The first-order valence-corrected chi connectivity index (χ1v) is 10.3. The summed E-state index contributed by atoms with van der Waals surface area (Å²) >= 11 is 0. The van der Waals surface area contributed by atoms with Gasteiger partial charge in [0.05, 0.1) is 0 Å². The summed E-state index contributed by atoms with van der Waals surface area (Å²) in [6.07, 6.45) is 3.33. The number of hydrogen-bond donors (Lipinski definition) is 0. The van der Waals surface area contributed by atoms with Gasteiger partial charge in [-0.15, -0.1) is 5.10 Å². The van der Waals surface area contributed by atoms with E-state index in [2.05, 4.69) is 21.9 Å². The van der Waals surface area contributed by atoms with E-state index in [0.29, 0.717) is 18.9 Å². The van der Waals surface area contributed by atoms with Crippen LogP contribution in [0, 0.1) is 6.92 Å². The van der Waals surface area contributed by atoms with Gasteiger partial charge < -0.3 is 19.1 Å². The fourth-order valence-electron chi connectivity index (χ4n) is 4.17. The van der Waals surface area contributed by atoms with Gasteiger partial charge in [-0.1, -0.05) is 0 Å². The molecule has 1 aromatic carbocycles. The summed E-state index contributed by atoms with van der Waals surface area (Å²) in [5.41, 5.74) is 1.39. The molecule has 2 aromatic heterocycles. The second kappa shape index (κ2) is 7.51. The highest BCUT2D eigenvalue weighted by atomic mass is 16.6. The van der Waals surface area contributed by atoms with Crippen molar-refractivity contribution in [3.8, 4) is 17.2 Å². The molecule has 0 radical (unpaired) electrons. The van der Waals surface area contributed by atoms with Crippen molar-refractivity contribution >= 4 is 11.5 Å². The van der Waals surface area contributed by atoms with Gasteiger partial charge in [0.1, 0.15) is 25.1 Å². The Balaban J connectivity index is 1.32. The number of benzene rings is 1. The molecular weight excluding hydrogens is 384 g/mol. The van der Waals surface area contributed by atoms with E-state index in [1.165, 1.54) is 16.8 Å². The average Bonchev–Trinajstić information content (AvgIpc) is 2.74. The van der Waals surface area contributed by atoms with Gasteiger partial charge in [-0.3, -0.25) is 4.79 Å². The number of hydrogen-bond acceptors (Lipinski definition) is 7. The predicted molar refractivity (Wildman–Crippen MR) is 112 cm³/mol. The summed E-state index contributed by atoms with van der Waals surface area (Å²) in [6.45, 7) is 6.10. The molecule has 30 heavy (non-hydrogen) atoms. The molecule has 0 aliphatic carbocycles. The van der Waals surface area contributed by atoms with E-state index in [1.807, 2.05) is 31.2 Å². The lowest BCUT2D eigenvalue weighted by Crippen LogP contribution is -2.45. The van der Waals surface area contributed by atoms with Crippen molar-refractivity contribution < 1.29 is 14.2 Å². The van der Waals surface area contributed by atoms with Gasteiger partial charge >= 0.3 is 0 Å². The molecule has 0 unspecified atom stereocenters. The molecule has 8 nitrogen and oxygen atoms in total. The molecule has 0 bridgehead atoms. The topological polar surface area (TPSA) is 78.2 Å². The van der Waals surface area contributed by atoms with E-state index in [4.69, 9.17) is 14.2 Å². The van der Waals surface area contributed by atoms with E-state index in [1.54, 1.807) is 0 Å². The Hall–Kier alpha value is -3.29. The van der Waals surface area contributed by atoms with Gasteiger partial charge in [0.25, 0.3) is 5.56 Å². The zero-order valence-corrected chi connectivity index (χ0v) is 17.1. The van der Waals surface area contributed by atoms with Gasteiger partial charge in [0.15, 0.2) is 23.0 Å². The maximum atomic E-state index is 12.2. The second-order valence-electron chi connectivity index (χ2n) is 7.82. The Morgan fingerprint density at radius 2 is 1.97 bits per heavy atom. The smallest absolute Gasteiger partial charge is 0.274 e. The largest absolute Gasteiger partial charge is 0.490 e. The van der Waals surface area contributed by atoms with Crippen LogP contribution in [-0.4, -0.2) is 46.5 Å². The Labute approximate surface area is 174 Å². The molecule has 156 valence electrons. The Morgan fingerprint density at radius 1 is 1.13 bits per heavy atom. The van der Waals surface area contributed by atoms with Crippen molar-refractivity contribution in [2.45, 2.75) is 38.8 Å². The molecule has 8 heteroatoms. The molecule has 1 fully saturated rings. The highest BCUT2D eigenvalue weighted by Crippen LogP contribution is 2.35. The molecule has 1 saturated heterocycles. The fraction of sp³-hybridized carbons (Fsp3) is 0.409. The number of rotatable bonds is 3. The van der Waals surface area contributed by atoms with Crippen LogP contribution in [0.3, 0.4) is 0 Å². The number of ether oxygens (including phenoxy) is 3. The van der Waals surface area contributed by atoms with Crippen molar-refractivity contribution in [3.63, 3.8) is 0 Å². The summed E-state index contributed by atoms with van der Waals surface area (Å²) in [7, 11) is 0. The average molecular weight is 408 g/mol. The van der Waals surface area contributed by atoms with E-state index in [0.717, 1.165) is 48.0 Å². The second-order valence-corrected chi connectivity index (χ2v) is 7.82. The van der Waals surface area contributed by atoms with E-state index >= 15 is 0 Å². The third kappa shape index (κ3) is 3.42. The third-order valence-electron chi connectivity index (χ3n) is 5.66. The first-order chi connectivity index (χ1) is 14.6. The van der Waals surface area contributed by atoms with Crippen LogP contribution >= 0.6 is 0 Å². The molecule has 4 heterocycles. The van der Waals surface area contributed by atoms with Crippen molar-refractivity contribution in [2.24, 2.45) is 0 Å². The summed E-state index contributed by atoms with van der Waals surface area (Å²) in [6, 6.07) is 9.29. The SMILES string of the molecule is Cc1cc2nccc(=O)n2nc1N1CC[C@@H](Oc2ccc3c(c2)OCCO3)C[C@H]1C. The number of aryl methyl sites for hydroxylation is 1. The van der Waals surface area contributed by atoms with Crippen molar-refractivity contribution in [1.29, 1.82) is 0 Å². The molecule has 0 spiro atoms. The zero-order chi connectivity index (χ0) is 20.7. The number of anilines is 1. The lowest BCUT2D eigenvalue weighted by atomic mass is 10.00. The van der Waals surface area contributed by atoms with Crippen LogP contribution in [0.5, 0.6) is 17.2 Å². The van der Waals surface area contributed by atoms with Gasteiger partial charge in [-0.05, 0) is 37.6 Å². The maximum Gasteiger partial charge on any atom is 0.274 e. The Kier molecular flexibility index (Phi) is 4.69. The summed E-state index contributed by atoms with van der Waals surface area (Å²) in [4.78, 5) is 18.7. The molecular formula is C22H24N4O4. The summed E-state index contributed by atoms with van der Waals surface area (Å²) in [5.74, 6) is 3.11. The van der Waals surface area contributed by atoms with E-state index in [9.17, 15) is 4.79 Å². The van der Waals surface area contributed by atoms with Crippen LogP contribution in [-0.2, 0) is 0 Å². The molecule has 5 rings (SSSR count). The van der Waals surface area contributed by atoms with Gasteiger partial charge in [-0.2, -0.15) is 4.52 Å². The minimum atomic E-state index is -0.175. The molecule has 2 atom stereocenters. The Morgan fingerprint density at radius 3 is 2.80 bits per heavy atom. The van der Waals surface area contributed by atoms with Crippen LogP contribution in [0.1, 0.15) is 25.3 Å². The standard InChI is InChI=1S/C22H24N4O4/c1-14-11-20-23-7-5-21(27)26(20)24-22(14)25-8-6-17(12-15(25)2)30-16-3-4-18-19(13-16)29-10-9-28-18/h3-5,7,11,13,15,17H,6,8-10,12H2,1-2H3/t15-,17-/m1/s1. The lowest BCUT2D eigenvalue weighted by molar-refractivity contribution is 0.149. The molecule has 0 N–H and O–H groups in total. The number of aromatic nitrogens is 3. The zero-order valence-electron chi connectivity index (χ0n) is 17.1. The summed E-state index contributed by atoms with van der Waals surface area (Å²) in [5, 5.41) is 4.60. The van der Waals surface area contributed by atoms with E-state index < -0.39 is 0 Å². The number of nitrogens with zero attached hydrogens (tertiary/aromatic N) is 4. The predicted octanol–water partition coefficient (Wildman–Crippen LogP) is 2.61. The monoisotopic (exact) mass is 408 g/mol. The third-order valence-corrected chi connectivity index (χ3v) is 5.66. The van der Waals surface area contributed by atoms with Crippen molar-refractivity contribution in [3.05, 3.63) is 52.4 Å². The Bertz CT molecular complexity index is 1150. The number of piperidine rings is 1. The van der Waals surface area contributed by atoms with Crippen LogP contribution < -0.4 is 24.7 Å². The summed E-state index contributed by atoms with van der Waals surface area (Å²) < 4.78 is 18.8. The first-order valence-electron chi connectivity index (χ1n) is 10.3. The quantitative estimate of drug-likeness (QED) is 0.659. The highest BCUT2D eigenvalue weighted by molar-refractivity contribution is 5.53. The molecule has 2 aliphatic heterocycles. The van der Waals surface area contributed by atoms with Crippen LogP contribution in [0.4, 0.5) is 5.82 Å². The first kappa shape index (κ1) is 18.7. The minimum absolute atomic E-state index is 0.101. The molecule has 3 aromatic rings. The van der Waals surface area contributed by atoms with E-state index in [-0.39, 0.29) is 17.7 Å². The maximum absolute atomic E-state index is 12.2. The minimum Gasteiger partial charge on any atom is -0.490 e. The van der Waals surface area contributed by atoms with Crippen molar-refractivity contribution in [2.75, 3.05) is 24.7 Å². The lowest BCUT2D eigenvalue weighted by Gasteiger charge is -2.39. The van der Waals surface area contributed by atoms with Gasteiger partial charge in [-0.25, -0.2) is 4.98 Å². The fourth-order valence-corrected chi connectivity index (χ4v) is 4.17. The molecule has 2 aliphatic rings. The van der Waals surface area contributed by atoms with Crippen LogP contribution in [0.15, 0.2) is 41.3 Å². The highest BCUT2D eigenvalue weighted by Gasteiger charge is 2.29. The van der Waals surface area contributed by atoms with Crippen molar-refractivity contribution in [1.82, 2.24) is 14.6 Å². The molecule has 0 amide bonds. The van der Waals surface area contributed by atoms with Crippen LogP contribution in [0.2, 0.25) is 0 Å². The number of fused-ring (bicyclic) bond motifs is 2. The molecule has 0 saturated carbocycles. The van der Waals surface area contributed by atoms with Gasteiger partial charge in [0, 0.05) is 43.8 Å².